The lowest BCUT2D eigenvalue weighted by molar-refractivity contribution is 0.596. The van der Waals surface area contributed by atoms with Gasteiger partial charge in [0.2, 0.25) is 9.84 Å². The van der Waals surface area contributed by atoms with Crippen LogP contribution in [0.3, 0.4) is 0 Å². The number of hydrogen-bond acceptors (Lipinski definition) is 3. The second-order valence-electron chi connectivity index (χ2n) is 3.33. The van der Waals surface area contributed by atoms with Crippen LogP contribution in [0.4, 0.5) is 4.39 Å². The minimum Gasteiger partial charge on any atom is -0.330 e. The molecule has 0 bridgehead atoms. The maximum Gasteiger partial charge on any atom is 0.203 e. The van der Waals surface area contributed by atoms with Crippen molar-refractivity contribution in [2.75, 3.05) is 6.54 Å². The minimum absolute atomic E-state index is 0.0472. The number of sulfone groups is 1. The molecule has 80 valence electrons. The van der Waals surface area contributed by atoms with Crippen LogP contribution in [0, 0.1) is 5.82 Å². The van der Waals surface area contributed by atoms with E-state index in [2.05, 4.69) is 0 Å². The molecule has 5 heteroatoms. The zero-order valence-electron chi connectivity index (χ0n) is 7.90. The SMILES string of the molecule is NCCC1=Cc2ccc(F)cc2S1(=O)=O. The zero-order valence-corrected chi connectivity index (χ0v) is 8.72. The smallest absolute Gasteiger partial charge is 0.203 e. The van der Waals surface area contributed by atoms with Crippen LogP contribution < -0.4 is 5.73 Å². The van der Waals surface area contributed by atoms with Gasteiger partial charge in [0.05, 0.1) is 9.80 Å². The molecular formula is C10H10FNO2S. The number of hydrogen-bond donors (Lipinski definition) is 1. The summed E-state index contributed by atoms with van der Waals surface area (Å²) >= 11 is 0. The van der Waals surface area contributed by atoms with Crippen molar-refractivity contribution in [3.63, 3.8) is 0 Å². The van der Waals surface area contributed by atoms with Gasteiger partial charge in [-0.15, -0.1) is 0 Å². The lowest BCUT2D eigenvalue weighted by Gasteiger charge is -2.01. The molecule has 0 amide bonds. The summed E-state index contributed by atoms with van der Waals surface area (Å²) in [6.07, 6.45) is 1.84. The Hall–Kier alpha value is -1.20. The van der Waals surface area contributed by atoms with E-state index in [9.17, 15) is 12.8 Å². The van der Waals surface area contributed by atoms with Crippen molar-refractivity contribution in [1.29, 1.82) is 0 Å². The van der Waals surface area contributed by atoms with Gasteiger partial charge in [0.25, 0.3) is 0 Å². The Kier molecular flexibility index (Phi) is 2.36. The molecule has 1 aliphatic heterocycles. The van der Waals surface area contributed by atoms with Gasteiger partial charge in [-0.3, -0.25) is 0 Å². The molecule has 0 atom stereocenters. The number of benzene rings is 1. The van der Waals surface area contributed by atoms with Gasteiger partial charge in [0, 0.05) is 0 Å². The largest absolute Gasteiger partial charge is 0.330 e. The molecule has 1 aliphatic rings. The molecule has 2 rings (SSSR count). The topological polar surface area (TPSA) is 60.2 Å². The van der Waals surface area contributed by atoms with Gasteiger partial charge in [0.1, 0.15) is 5.82 Å². The Morgan fingerprint density at radius 3 is 2.73 bits per heavy atom. The van der Waals surface area contributed by atoms with E-state index in [4.69, 9.17) is 5.73 Å². The summed E-state index contributed by atoms with van der Waals surface area (Å²) in [6.45, 7) is 0.265. The molecule has 0 saturated heterocycles. The van der Waals surface area contributed by atoms with E-state index in [1.807, 2.05) is 0 Å². The first-order valence-corrected chi connectivity index (χ1v) is 5.99. The molecule has 15 heavy (non-hydrogen) atoms. The summed E-state index contributed by atoms with van der Waals surface area (Å²) < 4.78 is 36.6. The van der Waals surface area contributed by atoms with Gasteiger partial charge < -0.3 is 5.73 Å². The first-order valence-electron chi connectivity index (χ1n) is 4.51. The van der Waals surface area contributed by atoms with E-state index in [0.717, 1.165) is 6.07 Å². The van der Waals surface area contributed by atoms with Gasteiger partial charge in [-0.25, -0.2) is 12.8 Å². The molecule has 1 aromatic rings. The lowest BCUT2D eigenvalue weighted by Crippen LogP contribution is -2.06. The Labute approximate surface area is 87.3 Å². The Balaban J connectivity index is 2.58. The fourth-order valence-corrected chi connectivity index (χ4v) is 3.26. The molecule has 1 heterocycles. The summed E-state index contributed by atoms with van der Waals surface area (Å²) in [5, 5.41) is 0. The summed E-state index contributed by atoms with van der Waals surface area (Å²) in [5.41, 5.74) is 5.86. The predicted molar refractivity (Wildman–Crippen MR) is 55.2 cm³/mol. The van der Waals surface area contributed by atoms with Crippen LogP contribution in [0.5, 0.6) is 0 Å². The molecule has 1 aromatic carbocycles. The number of halogens is 1. The van der Waals surface area contributed by atoms with Crippen molar-refractivity contribution in [1.82, 2.24) is 0 Å². The highest BCUT2D eigenvalue weighted by atomic mass is 32.2. The summed E-state index contributed by atoms with van der Waals surface area (Å²) in [4.78, 5) is 0.316. The van der Waals surface area contributed by atoms with Crippen molar-refractivity contribution in [3.05, 3.63) is 34.5 Å². The quantitative estimate of drug-likeness (QED) is 0.828. The standard InChI is InChI=1S/C10H10FNO2S/c11-8-2-1-7-5-9(3-4-12)15(13,14)10(7)6-8/h1-2,5-6H,3-4,12H2. The van der Waals surface area contributed by atoms with Gasteiger partial charge >= 0.3 is 0 Å². The zero-order chi connectivity index (χ0) is 11.1. The number of rotatable bonds is 2. The van der Waals surface area contributed by atoms with Crippen molar-refractivity contribution in [3.8, 4) is 0 Å². The summed E-state index contributed by atoms with van der Waals surface area (Å²) in [5.74, 6) is -0.542. The molecule has 0 aromatic heterocycles. The molecule has 0 aliphatic carbocycles. The van der Waals surface area contributed by atoms with Crippen LogP contribution in [-0.4, -0.2) is 15.0 Å². The van der Waals surface area contributed by atoms with E-state index in [-0.39, 0.29) is 16.3 Å². The number of fused-ring (bicyclic) bond motifs is 1. The third-order valence-electron chi connectivity index (χ3n) is 2.32. The third-order valence-corrected chi connectivity index (χ3v) is 4.26. The predicted octanol–water partition coefficient (Wildman–Crippen LogP) is 1.30. The van der Waals surface area contributed by atoms with Crippen LogP contribution in [0.25, 0.3) is 6.08 Å². The van der Waals surface area contributed by atoms with Crippen LogP contribution in [0.1, 0.15) is 12.0 Å². The van der Waals surface area contributed by atoms with Gasteiger partial charge in [-0.1, -0.05) is 6.07 Å². The van der Waals surface area contributed by atoms with E-state index >= 15 is 0 Å². The van der Waals surface area contributed by atoms with Crippen molar-refractivity contribution < 1.29 is 12.8 Å². The normalized spacial score (nSPS) is 17.3. The first kappa shape index (κ1) is 10.3. The fourth-order valence-electron chi connectivity index (χ4n) is 1.60. The van der Waals surface area contributed by atoms with Crippen molar-refractivity contribution in [2.45, 2.75) is 11.3 Å². The second kappa shape index (κ2) is 3.43. The molecule has 0 spiro atoms. The molecule has 3 nitrogen and oxygen atoms in total. The highest BCUT2D eigenvalue weighted by Gasteiger charge is 2.28. The average Bonchev–Trinajstić information content (AvgIpc) is 2.41. The van der Waals surface area contributed by atoms with Crippen LogP contribution in [-0.2, 0) is 9.84 Å². The van der Waals surface area contributed by atoms with E-state index in [1.165, 1.54) is 12.1 Å². The highest BCUT2D eigenvalue weighted by Crippen LogP contribution is 2.34. The second-order valence-corrected chi connectivity index (χ2v) is 5.31. The fraction of sp³-hybridized carbons (Fsp3) is 0.200. The van der Waals surface area contributed by atoms with E-state index in [0.29, 0.717) is 12.0 Å². The van der Waals surface area contributed by atoms with Gasteiger partial charge in [0.15, 0.2) is 0 Å². The van der Waals surface area contributed by atoms with Crippen molar-refractivity contribution >= 4 is 15.9 Å². The summed E-state index contributed by atoms with van der Waals surface area (Å²) in [6, 6.07) is 3.76. The van der Waals surface area contributed by atoms with E-state index < -0.39 is 15.7 Å². The highest BCUT2D eigenvalue weighted by molar-refractivity contribution is 7.95. The van der Waals surface area contributed by atoms with Crippen LogP contribution >= 0.6 is 0 Å². The van der Waals surface area contributed by atoms with Crippen molar-refractivity contribution in [2.24, 2.45) is 5.73 Å². The maximum absolute atomic E-state index is 12.9. The molecule has 2 N–H and O–H groups in total. The van der Waals surface area contributed by atoms with E-state index in [1.54, 1.807) is 6.08 Å². The molecule has 0 radical (unpaired) electrons. The van der Waals surface area contributed by atoms with Gasteiger partial charge in [-0.2, -0.15) is 0 Å². The van der Waals surface area contributed by atoms with Crippen LogP contribution in [0.2, 0.25) is 0 Å². The molecule has 0 unspecified atom stereocenters. The first-order chi connectivity index (χ1) is 7.05. The minimum atomic E-state index is -3.49. The molecule has 0 saturated carbocycles. The van der Waals surface area contributed by atoms with Gasteiger partial charge in [-0.05, 0) is 36.7 Å². The monoisotopic (exact) mass is 227 g/mol. The Bertz CT molecular complexity index is 534. The lowest BCUT2D eigenvalue weighted by atomic mass is 10.2. The summed E-state index contributed by atoms with van der Waals surface area (Å²) in [7, 11) is -3.49. The maximum atomic E-state index is 12.9. The van der Waals surface area contributed by atoms with Crippen LogP contribution in [0.15, 0.2) is 28.0 Å². The third kappa shape index (κ3) is 1.57. The average molecular weight is 227 g/mol. The Morgan fingerprint density at radius 1 is 1.33 bits per heavy atom. The molecule has 0 fully saturated rings. The molecular weight excluding hydrogens is 217 g/mol. The number of nitrogens with two attached hydrogens (primary N) is 1. The Morgan fingerprint density at radius 2 is 2.07 bits per heavy atom.